The lowest BCUT2D eigenvalue weighted by atomic mass is 9.97. The highest BCUT2D eigenvalue weighted by Crippen LogP contribution is 2.16. The third-order valence-corrected chi connectivity index (χ3v) is 5.00. The van der Waals surface area contributed by atoms with Crippen LogP contribution < -0.4 is 21.3 Å². The fourth-order valence-corrected chi connectivity index (χ4v) is 3.45. The number of hydrogen-bond donors (Lipinski definition) is 4. The molecular formula is C22H34N4O3. The predicted octanol–water partition coefficient (Wildman–Crippen LogP) is 2.18. The van der Waals surface area contributed by atoms with Crippen LogP contribution in [0.25, 0.3) is 0 Å². The Morgan fingerprint density at radius 3 is 2.69 bits per heavy atom. The largest absolute Gasteiger partial charge is 0.348 e. The maximum absolute atomic E-state index is 12.0. The van der Waals surface area contributed by atoms with Crippen molar-refractivity contribution in [2.24, 2.45) is 11.8 Å². The summed E-state index contributed by atoms with van der Waals surface area (Å²) in [5, 5.41) is 11.6. The highest BCUT2D eigenvalue weighted by Gasteiger charge is 2.15. The van der Waals surface area contributed by atoms with Gasteiger partial charge < -0.3 is 21.3 Å². The standard InChI is InChI=1S/C22H34N4O3/c1-16(2)13-20(27)26-19-7-3-5-18(14-19)15-25-22(29)21(28)24-12-9-17-6-4-10-23-11-8-17/h3,5,7,14,16-17,23H,4,6,8-13,15H2,1-2H3,(H,24,28)(H,25,29)(H,26,27). The molecule has 3 amide bonds. The van der Waals surface area contributed by atoms with Gasteiger partial charge in [0.2, 0.25) is 5.91 Å². The molecule has 1 atom stereocenters. The lowest BCUT2D eigenvalue weighted by Gasteiger charge is -2.14. The molecule has 7 nitrogen and oxygen atoms in total. The molecule has 7 heteroatoms. The summed E-state index contributed by atoms with van der Waals surface area (Å²) in [4.78, 5) is 35.9. The molecule has 160 valence electrons. The van der Waals surface area contributed by atoms with Crippen LogP contribution in [0.5, 0.6) is 0 Å². The number of nitrogens with one attached hydrogen (secondary N) is 4. The fraction of sp³-hybridized carbons (Fsp3) is 0.591. The van der Waals surface area contributed by atoms with Gasteiger partial charge in [-0.3, -0.25) is 14.4 Å². The molecule has 1 aliphatic heterocycles. The molecule has 1 fully saturated rings. The normalized spacial score (nSPS) is 16.7. The molecule has 0 spiro atoms. The molecule has 1 aromatic carbocycles. The van der Waals surface area contributed by atoms with Crippen LogP contribution in [-0.4, -0.2) is 37.4 Å². The molecule has 1 heterocycles. The van der Waals surface area contributed by atoms with Crippen molar-refractivity contribution in [2.45, 2.75) is 52.5 Å². The van der Waals surface area contributed by atoms with Crippen LogP contribution in [0, 0.1) is 11.8 Å². The topological polar surface area (TPSA) is 99.3 Å². The van der Waals surface area contributed by atoms with Crippen LogP contribution in [0.3, 0.4) is 0 Å². The van der Waals surface area contributed by atoms with Gasteiger partial charge in [-0.2, -0.15) is 0 Å². The second-order valence-corrected chi connectivity index (χ2v) is 8.12. The van der Waals surface area contributed by atoms with E-state index in [4.69, 9.17) is 0 Å². The highest BCUT2D eigenvalue weighted by molar-refractivity contribution is 6.35. The number of carbonyl (C=O) groups is 3. The zero-order valence-corrected chi connectivity index (χ0v) is 17.6. The predicted molar refractivity (Wildman–Crippen MR) is 114 cm³/mol. The second-order valence-electron chi connectivity index (χ2n) is 8.12. The first-order valence-corrected chi connectivity index (χ1v) is 10.6. The monoisotopic (exact) mass is 402 g/mol. The van der Waals surface area contributed by atoms with Crippen LogP contribution >= 0.6 is 0 Å². The van der Waals surface area contributed by atoms with Crippen LogP contribution in [0.2, 0.25) is 0 Å². The minimum atomic E-state index is -0.637. The lowest BCUT2D eigenvalue weighted by molar-refractivity contribution is -0.139. The Labute approximate surface area is 173 Å². The zero-order chi connectivity index (χ0) is 21.1. The van der Waals surface area contributed by atoms with Gasteiger partial charge in [0.05, 0.1) is 0 Å². The number of hydrogen-bond acceptors (Lipinski definition) is 4. The summed E-state index contributed by atoms with van der Waals surface area (Å²) < 4.78 is 0. The van der Waals surface area contributed by atoms with Gasteiger partial charge in [-0.05, 0) is 68.3 Å². The van der Waals surface area contributed by atoms with E-state index in [9.17, 15) is 14.4 Å². The summed E-state index contributed by atoms with van der Waals surface area (Å²) in [5.41, 5.74) is 1.50. The number of benzene rings is 1. The van der Waals surface area contributed by atoms with Crippen LogP contribution in [0.15, 0.2) is 24.3 Å². The van der Waals surface area contributed by atoms with E-state index in [1.54, 1.807) is 12.1 Å². The smallest absolute Gasteiger partial charge is 0.309 e. The third kappa shape index (κ3) is 9.09. The van der Waals surface area contributed by atoms with Crippen molar-refractivity contribution < 1.29 is 14.4 Å². The maximum Gasteiger partial charge on any atom is 0.309 e. The average Bonchev–Trinajstić information content (AvgIpc) is 2.94. The Morgan fingerprint density at radius 1 is 1.10 bits per heavy atom. The van der Waals surface area contributed by atoms with E-state index >= 15 is 0 Å². The zero-order valence-electron chi connectivity index (χ0n) is 17.6. The molecule has 1 saturated heterocycles. The van der Waals surface area contributed by atoms with Crippen molar-refractivity contribution in [3.63, 3.8) is 0 Å². The quantitative estimate of drug-likeness (QED) is 0.501. The average molecular weight is 403 g/mol. The Morgan fingerprint density at radius 2 is 1.90 bits per heavy atom. The first kappa shape index (κ1) is 22.9. The SMILES string of the molecule is CC(C)CC(=O)Nc1cccc(CNC(=O)C(=O)NCCC2CCCNCC2)c1. The minimum Gasteiger partial charge on any atom is -0.348 e. The minimum absolute atomic E-state index is 0.0370. The van der Waals surface area contributed by atoms with Gasteiger partial charge in [-0.1, -0.05) is 26.0 Å². The van der Waals surface area contributed by atoms with Crippen molar-refractivity contribution in [1.29, 1.82) is 0 Å². The second kappa shape index (κ2) is 12.2. The van der Waals surface area contributed by atoms with E-state index in [1.165, 1.54) is 6.42 Å². The molecule has 1 aliphatic rings. The molecule has 4 N–H and O–H groups in total. The van der Waals surface area contributed by atoms with Crippen molar-refractivity contribution in [1.82, 2.24) is 16.0 Å². The van der Waals surface area contributed by atoms with Gasteiger partial charge in [0.15, 0.2) is 0 Å². The Bertz CT molecular complexity index is 682. The van der Waals surface area contributed by atoms with Gasteiger partial charge in [-0.15, -0.1) is 0 Å². The summed E-state index contributed by atoms with van der Waals surface area (Å²) in [6.07, 6.45) is 4.80. The summed E-state index contributed by atoms with van der Waals surface area (Å²) in [5.74, 6) is -0.387. The lowest BCUT2D eigenvalue weighted by Crippen LogP contribution is -2.40. The van der Waals surface area contributed by atoms with E-state index < -0.39 is 11.8 Å². The van der Waals surface area contributed by atoms with Gasteiger partial charge >= 0.3 is 11.8 Å². The molecule has 1 aromatic rings. The summed E-state index contributed by atoms with van der Waals surface area (Å²) in [6, 6.07) is 7.26. The molecule has 0 aromatic heterocycles. The highest BCUT2D eigenvalue weighted by atomic mass is 16.2. The van der Waals surface area contributed by atoms with Gasteiger partial charge in [0, 0.05) is 25.2 Å². The van der Waals surface area contributed by atoms with Crippen molar-refractivity contribution in [2.75, 3.05) is 25.0 Å². The molecular weight excluding hydrogens is 368 g/mol. The molecule has 0 aliphatic carbocycles. The number of carbonyl (C=O) groups excluding carboxylic acids is 3. The Balaban J connectivity index is 1.71. The first-order chi connectivity index (χ1) is 13.9. The fourth-order valence-electron chi connectivity index (χ4n) is 3.45. The van der Waals surface area contributed by atoms with E-state index in [-0.39, 0.29) is 18.4 Å². The van der Waals surface area contributed by atoms with Crippen LogP contribution in [0.4, 0.5) is 5.69 Å². The van der Waals surface area contributed by atoms with Gasteiger partial charge in [-0.25, -0.2) is 0 Å². The van der Waals surface area contributed by atoms with Gasteiger partial charge in [0.25, 0.3) is 0 Å². The Kier molecular flexibility index (Phi) is 9.64. The number of anilines is 1. The summed E-state index contributed by atoms with van der Waals surface area (Å²) in [6.45, 7) is 6.82. The van der Waals surface area contributed by atoms with E-state index in [0.29, 0.717) is 24.6 Å². The van der Waals surface area contributed by atoms with Crippen molar-refractivity contribution >= 4 is 23.4 Å². The summed E-state index contributed by atoms with van der Waals surface area (Å²) >= 11 is 0. The third-order valence-electron chi connectivity index (χ3n) is 5.00. The molecule has 29 heavy (non-hydrogen) atoms. The summed E-state index contributed by atoms with van der Waals surface area (Å²) in [7, 11) is 0. The Hall–Kier alpha value is -2.41. The molecule has 0 radical (unpaired) electrons. The molecule has 0 bridgehead atoms. The van der Waals surface area contributed by atoms with Crippen LogP contribution in [-0.2, 0) is 20.9 Å². The van der Waals surface area contributed by atoms with E-state index in [1.807, 2.05) is 26.0 Å². The van der Waals surface area contributed by atoms with Crippen molar-refractivity contribution in [3.05, 3.63) is 29.8 Å². The molecule has 1 unspecified atom stereocenters. The number of rotatable bonds is 8. The maximum atomic E-state index is 12.0. The number of amides is 3. The van der Waals surface area contributed by atoms with Crippen molar-refractivity contribution in [3.8, 4) is 0 Å². The first-order valence-electron chi connectivity index (χ1n) is 10.6. The van der Waals surface area contributed by atoms with E-state index in [0.717, 1.165) is 37.9 Å². The van der Waals surface area contributed by atoms with Crippen LogP contribution in [0.1, 0.15) is 51.5 Å². The molecule has 0 saturated carbocycles. The van der Waals surface area contributed by atoms with Gasteiger partial charge in [0.1, 0.15) is 0 Å². The molecule has 2 rings (SSSR count). The van der Waals surface area contributed by atoms with E-state index in [2.05, 4.69) is 21.3 Å².